The summed E-state index contributed by atoms with van der Waals surface area (Å²) in [4.78, 5) is 5.64. The lowest BCUT2D eigenvalue weighted by molar-refractivity contribution is 0.294. The van der Waals surface area contributed by atoms with Gasteiger partial charge in [0.1, 0.15) is 0 Å². The zero-order chi connectivity index (χ0) is 11.8. The SMILES string of the molecule is CCC(N)(Cc1cn2ccsc2n1)C(C)C. The fraction of sp³-hybridized carbons (Fsp3) is 0.583. The number of hydrogen-bond donors (Lipinski definition) is 1. The van der Waals surface area contributed by atoms with Crippen LogP contribution in [0, 0.1) is 5.92 Å². The summed E-state index contributed by atoms with van der Waals surface area (Å²) in [6, 6.07) is 0. The average molecular weight is 237 g/mol. The Hall–Kier alpha value is -0.870. The number of nitrogens with two attached hydrogens (primary N) is 1. The van der Waals surface area contributed by atoms with Gasteiger partial charge in [-0.05, 0) is 12.3 Å². The van der Waals surface area contributed by atoms with Crippen molar-refractivity contribution in [2.75, 3.05) is 0 Å². The maximum atomic E-state index is 6.42. The van der Waals surface area contributed by atoms with Crippen molar-refractivity contribution in [3.63, 3.8) is 0 Å². The monoisotopic (exact) mass is 237 g/mol. The smallest absolute Gasteiger partial charge is 0.193 e. The highest BCUT2D eigenvalue weighted by atomic mass is 32.1. The molecule has 0 radical (unpaired) electrons. The Morgan fingerprint density at radius 1 is 1.56 bits per heavy atom. The second kappa shape index (κ2) is 4.18. The molecule has 2 aromatic rings. The Morgan fingerprint density at radius 3 is 2.88 bits per heavy atom. The number of imidazole rings is 1. The van der Waals surface area contributed by atoms with Crippen LogP contribution in [0.1, 0.15) is 32.9 Å². The summed E-state index contributed by atoms with van der Waals surface area (Å²) < 4.78 is 2.07. The van der Waals surface area contributed by atoms with Crippen molar-refractivity contribution < 1.29 is 0 Å². The van der Waals surface area contributed by atoms with Gasteiger partial charge >= 0.3 is 0 Å². The van der Waals surface area contributed by atoms with E-state index in [0.717, 1.165) is 23.5 Å². The minimum Gasteiger partial charge on any atom is -0.325 e. The fourth-order valence-electron chi connectivity index (χ4n) is 1.94. The lowest BCUT2D eigenvalue weighted by atomic mass is 9.81. The van der Waals surface area contributed by atoms with E-state index in [1.54, 1.807) is 11.3 Å². The summed E-state index contributed by atoms with van der Waals surface area (Å²) in [5, 5.41) is 2.05. The molecule has 2 aromatic heterocycles. The Kier molecular flexibility index (Phi) is 3.04. The molecule has 0 aliphatic heterocycles. The summed E-state index contributed by atoms with van der Waals surface area (Å²) in [5.74, 6) is 0.470. The number of nitrogens with zero attached hydrogens (tertiary/aromatic N) is 2. The number of fused-ring (bicyclic) bond motifs is 1. The molecule has 1 atom stereocenters. The first-order chi connectivity index (χ1) is 7.55. The number of rotatable bonds is 4. The first-order valence-corrected chi connectivity index (χ1v) is 6.63. The predicted molar refractivity (Wildman–Crippen MR) is 68.8 cm³/mol. The Bertz CT molecular complexity index is 443. The molecule has 0 aliphatic rings. The molecule has 0 aromatic carbocycles. The number of aromatic nitrogens is 2. The lowest BCUT2D eigenvalue weighted by Crippen LogP contribution is -2.46. The van der Waals surface area contributed by atoms with Gasteiger partial charge in [-0.2, -0.15) is 0 Å². The molecule has 0 saturated heterocycles. The summed E-state index contributed by atoms with van der Waals surface area (Å²) in [7, 11) is 0. The quantitative estimate of drug-likeness (QED) is 0.888. The highest BCUT2D eigenvalue weighted by molar-refractivity contribution is 7.15. The van der Waals surface area contributed by atoms with Gasteiger partial charge in [0.25, 0.3) is 0 Å². The molecule has 0 amide bonds. The molecule has 2 rings (SSSR count). The molecule has 16 heavy (non-hydrogen) atoms. The number of thiazole rings is 1. The van der Waals surface area contributed by atoms with E-state index >= 15 is 0 Å². The van der Waals surface area contributed by atoms with Crippen molar-refractivity contribution in [1.29, 1.82) is 0 Å². The summed E-state index contributed by atoms with van der Waals surface area (Å²) in [5.41, 5.74) is 7.38. The van der Waals surface area contributed by atoms with E-state index in [2.05, 4.69) is 36.4 Å². The van der Waals surface area contributed by atoms with Gasteiger partial charge in [-0.1, -0.05) is 20.8 Å². The third-order valence-corrected chi connectivity index (χ3v) is 4.23. The fourth-order valence-corrected chi connectivity index (χ4v) is 2.65. The van der Waals surface area contributed by atoms with E-state index in [4.69, 9.17) is 5.73 Å². The van der Waals surface area contributed by atoms with E-state index in [-0.39, 0.29) is 5.54 Å². The maximum Gasteiger partial charge on any atom is 0.193 e. The molecular formula is C12H19N3S. The summed E-state index contributed by atoms with van der Waals surface area (Å²) in [6.07, 6.45) is 5.97. The molecule has 1 unspecified atom stereocenters. The van der Waals surface area contributed by atoms with Gasteiger partial charge in [0.05, 0.1) is 5.69 Å². The van der Waals surface area contributed by atoms with E-state index in [1.165, 1.54) is 0 Å². The van der Waals surface area contributed by atoms with Crippen LogP contribution in [0.4, 0.5) is 0 Å². The van der Waals surface area contributed by atoms with Gasteiger partial charge in [0.2, 0.25) is 0 Å². The van der Waals surface area contributed by atoms with Crippen molar-refractivity contribution in [3.8, 4) is 0 Å². The third-order valence-electron chi connectivity index (χ3n) is 3.46. The van der Waals surface area contributed by atoms with E-state index in [9.17, 15) is 0 Å². The van der Waals surface area contributed by atoms with Gasteiger partial charge in [0.15, 0.2) is 4.96 Å². The van der Waals surface area contributed by atoms with Crippen molar-refractivity contribution in [1.82, 2.24) is 9.38 Å². The topological polar surface area (TPSA) is 43.3 Å². The first kappa shape index (κ1) is 11.6. The van der Waals surface area contributed by atoms with Crippen LogP contribution in [-0.2, 0) is 6.42 Å². The zero-order valence-electron chi connectivity index (χ0n) is 10.1. The van der Waals surface area contributed by atoms with Gasteiger partial charge in [-0.25, -0.2) is 4.98 Å². The van der Waals surface area contributed by atoms with E-state index < -0.39 is 0 Å². The van der Waals surface area contributed by atoms with Crippen LogP contribution in [0.2, 0.25) is 0 Å². The predicted octanol–water partition coefficient (Wildman–Crippen LogP) is 2.70. The van der Waals surface area contributed by atoms with Crippen LogP contribution in [0.25, 0.3) is 4.96 Å². The first-order valence-electron chi connectivity index (χ1n) is 5.75. The van der Waals surface area contributed by atoms with E-state index in [1.807, 2.05) is 11.6 Å². The molecule has 0 bridgehead atoms. The number of hydrogen-bond acceptors (Lipinski definition) is 3. The molecule has 0 aliphatic carbocycles. The normalized spacial score (nSPS) is 15.8. The highest BCUT2D eigenvalue weighted by Crippen LogP contribution is 2.23. The van der Waals surface area contributed by atoms with Crippen LogP contribution in [0.15, 0.2) is 17.8 Å². The summed E-state index contributed by atoms with van der Waals surface area (Å²) >= 11 is 1.66. The second-order valence-corrected chi connectivity index (χ2v) is 5.62. The van der Waals surface area contributed by atoms with Crippen LogP contribution in [0.5, 0.6) is 0 Å². The van der Waals surface area contributed by atoms with Crippen molar-refractivity contribution in [2.45, 2.75) is 39.2 Å². The largest absolute Gasteiger partial charge is 0.325 e. The van der Waals surface area contributed by atoms with Crippen molar-refractivity contribution in [3.05, 3.63) is 23.5 Å². The molecular weight excluding hydrogens is 218 g/mol. The molecule has 2 N–H and O–H groups in total. The maximum absolute atomic E-state index is 6.42. The Morgan fingerprint density at radius 2 is 2.31 bits per heavy atom. The second-order valence-electron chi connectivity index (χ2n) is 4.74. The Balaban J connectivity index is 2.23. The highest BCUT2D eigenvalue weighted by Gasteiger charge is 2.28. The molecule has 0 fully saturated rings. The van der Waals surface area contributed by atoms with Crippen LogP contribution >= 0.6 is 11.3 Å². The Labute approximate surface area is 100 Å². The van der Waals surface area contributed by atoms with Crippen molar-refractivity contribution >= 4 is 16.3 Å². The molecule has 2 heterocycles. The standard InChI is InChI=1S/C12H19N3S/c1-4-12(13,9(2)3)7-10-8-15-5-6-16-11(15)14-10/h5-6,8-9H,4,7,13H2,1-3H3. The van der Waals surface area contributed by atoms with Crippen molar-refractivity contribution in [2.24, 2.45) is 11.7 Å². The molecule has 0 spiro atoms. The minimum atomic E-state index is -0.135. The minimum absolute atomic E-state index is 0.135. The van der Waals surface area contributed by atoms with Gasteiger partial charge in [-0.3, -0.25) is 4.40 Å². The summed E-state index contributed by atoms with van der Waals surface area (Å²) in [6.45, 7) is 6.52. The van der Waals surface area contributed by atoms with E-state index in [0.29, 0.717) is 5.92 Å². The molecule has 0 saturated carbocycles. The van der Waals surface area contributed by atoms with Crippen LogP contribution < -0.4 is 5.73 Å². The van der Waals surface area contributed by atoms with Gasteiger partial charge in [0, 0.05) is 29.7 Å². The third kappa shape index (κ3) is 1.99. The molecule has 4 heteroatoms. The van der Waals surface area contributed by atoms with Crippen LogP contribution in [-0.4, -0.2) is 14.9 Å². The van der Waals surface area contributed by atoms with Gasteiger partial charge < -0.3 is 5.73 Å². The molecule has 3 nitrogen and oxygen atoms in total. The van der Waals surface area contributed by atoms with Crippen LogP contribution in [0.3, 0.4) is 0 Å². The average Bonchev–Trinajstić information content (AvgIpc) is 2.77. The van der Waals surface area contributed by atoms with Gasteiger partial charge in [-0.15, -0.1) is 11.3 Å². The zero-order valence-corrected chi connectivity index (χ0v) is 10.9. The lowest BCUT2D eigenvalue weighted by Gasteiger charge is -2.31. The molecule has 88 valence electrons.